The Morgan fingerprint density at radius 1 is 1.14 bits per heavy atom. The van der Waals surface area contributed by atoms with E-state index >= 15 is 0 Å². The number of aliphatic hydroxyl groups excluding tert-OH is 2. The number of aliphatic hydroxyl groups is 2. The van der Waals surface area contributed by atoms with Gasteiger partial charge in [-0.25, -0.2) is 4.79 Å². The molecule has 1 saturated heterocycles. The van der Waals surface area contributed by atoms with E-state index in [4.69, 9.17) is 31.9 Å². The van der Waals surface area contributed by atoms with Gasteiger partial charge >= 0.3 is 5.97 Å². The predicted molar refractivity (Wildman–Crippen MR) is 134 cm³/mol. The van der Waals surface area contributed by atoms with Gasteiger partial charge in [0, 0.05) is 25.2 Å². The molecule has 1 heterocycles. The second-order valence-electron chi connectivity index (χ2n) is 7.57. The molecular weight excluding hydrogens is 575 g/mol. The molecule has 3 rings (SSSR count). The van der Waals surface area contributed by atoms with Gasteiger partial charge < -0.3 is 42.1 Å². The quantitative estimate of drug-likeness (QED) is 0.366. The molecule has 0 spiro atoms. The first kappa shape index (κ1) is 29.1. The minimum absolute atomic E-state index is 0.0754. The van der Waals surface area contributed by atoms with Crippen molar-refractivity contribution in [1.29, 1.82) is 0 Å². The van der Waals surface area contributed by atoms with Gasteiger partial charge in [0.15, 0.2) is 17.8 Å². The van der Waals surface area contributed by atoms with Crippen LogP contribution in [0.2, 0.25) is 0 Å². The van der Waals surface area contributed by atoms with Gasteiger partial charge in [-0.05, 0) is 12.5 Å². The zero-order valence-corrected chi connectivity index (χ0v) is 22.1. The van der Waals surface area contributed by atoms with Crippen molar-refractivity contribution in [1.82, 2.24) is 0 Å². The van der Waals surface area contributed by atoms with Gasteiger partial charge in [-0.1, -0.05) is 30.3 Å². The molecule has 2 unspecified atom stereocenters. The highest BCUT2D eigenvalue weighted by Crippen LogP contribution is 2.39. The fourth-order valence-corrected chi connectivity index (χ4v) is 4.06. The maximum Gasteiger partial charge on any atom is 0.339 e. The first-order valence-electron chi connectivity index (χ1n) is 10.7. The summed E-state index contributed by atoms with van der Waals surface area (Å²) in [5.74, 6) is 0.0240. The maximum atomic E-state index is 11.4. The summed E-state index contributed by atoms with van der Waals surface area (Å²) in [4.78, 5) is 11.4. The van der Waals surface area contributed by atoms with Crippen molar-refractivity contribution in [2.24, 2.45) is 0 Å². The lowest BCUT2D eigenvalue weighted by Gasteiger charge is -2.36. The molecule has 11 heteroatoms. The zero-order valence-electron chi connectivity index (χ0n) is 20.0. The van der Waals surface area contributed by atoms with Crippen LogP contribution in [0.4, 0.5) is 0 Å². The first-order valence-corrected chi connectivity index (χ1v) is 11.6. The number of carboxylic acid groups (broad SMARTS) is 1. The van der Waals surface area contributed by atoms with Crippen LogP contribution in [0.3, 0.4) is 0 Å². The van der Waals surface area contributed by atoms with Crippen LogP contribution in [0.1, 0.15) is 27.9 Å². The van der Waals surface area contributed by atoms with Gasteiger partial charge in [-0.2, -0.15) is 0 Å². The highest BCUT2D eigenvalue weighted by Gasteiger charge is 2.38. The lowest BCUT2D eigenvalue weighted by atomic mass is 10.0. The number of hydrogen-bond donors (Lipinski definition) is 3. The van der Waals surface area contributed by atoms with Crippen molar-refractivity contribution in [2.75, 3.05) is 27.9 Å². The molecule has 0 amide bonds. The number of carboxylic acids is 1. The van der Waals surface area contributed by atoms with E-state index in [1.807, 2.05) is 30.3 Å². The van der Waals surface area contributed by atoms with E-state index in [9.17, 15) is 15.0 Å². The fraction of sp³-hybridized carbons (Fsp3) is 0.458. The van der Waals surface area contributed by atoms with Crippen molar-refractivity contribution >= 4 is 29.0 Å². The smallest absolute Gasteiger partial charge is 0.339 e. The Morgan fingerprint density at radius 3 is 2.34 bits per heavy atom. The van der Waals surface area contributed by atoms with Gasteiger partial charge in [0.05, 0.1) is 20.8 Å². The number of halogens is 1. The summed E-state index contributed by atoms with van der Waals surface area (Å²) in [6.45, 7) is 1.78. The molecule has 0 saturated carbocycles. The highest BCUT2D eigenvalue weighted by atomic mass is 127. The Labute approximate surface area is 218 Å². The standard InChI is InChI=1S/C17H18O5.C7H13IO5/c1-11-15(17(18)19)13(20-2)9-14(16(11)21-3)22-10-12-7-5-4-6-8-12;1-11-6-2-4(13-8)7(10)5(3-9)12-6/h4-9H,10H2,1-3H3,(H,18,19);4-7,9-10H,2-3H2,1H3/t;4?,5?,6-,7-/m.0/s1. The minimum Gasteiger partial charge on any atom is -0.496 e. The maximum absolute atomic E-state index is 11.4. The number of methoxy groups -OCH3 is 3. The molecule has 0 aliphatic carbocycles. The largest absolute Gasteiger partial charge is 0.496 e. The van der Waals surface area contributed by atoms with Gasteiger partial charge in [0.2, 0.25) is 0 Å². The van der Waals surface area contributed by atoms with E-state index in [1.165, 1.54) is 27.4 Å². The molecule has 0 radical (unpaired) electrons. The molecular formula is C24H31IO10. The predicted octanol–water partition coefficient (Wildman–Crippen LogP) is 3.13. The fourth-order valence-electron chi connectivity index (χ4n) is 3.55. The van der Waals surface area contributed by atoms with Crippen molar-refractivity contribution in [3.05, 3.63) is 53.1 Å². The van der Waals surface area contributed by atoms with Gasteiger partial charge in [0.1, 0.15) is 59.2 Å². The summed E-state index contributed by atoms with van der Waals surface area (Å²) in [6, 6.07) is 11.2. The molecule has 2 aromatic rings. The van der Waals surface area contributed by atoms with Gasteiger partial charge in [-0.3, -0.25) is 0 Å². The number of aromatic carboxylic acids is 1. The number of carbonyl (C=O) groups is 1. The number of ether oxygens (including phenoxy) is 5. The Morgan fingerprint density at radius 2 is 1.83 bits per heavy atom. The molecule has 3 N–H and O–H groups in total. The molecule has 0 bridgehead atoms. The summed E-state index contributed by atoms with van der Waals surface area (Å²) in [5.41, 5.74) is 1.55. The molecule has 4 atom stereocenters. The summed E-state index contributed by atoms with van der Waals surface area (Å²) in [6.07, 6.45) is -1.72. The Bertz CT molecular complexity index is 926. The topological polar surface area (TPSA) is 133 Å². The third kappa shape index (κ3) is 7.66. The van der Waals surface area contributed by atoms with Crippen LogP contribution in [0.5, 0.6) is 17.2 Å². The van der Waals surface area contributed by atoms with Crippen LogP contribution in [0.15, 0.2) is 36.4 Å². The Kier molecular flexibility index (Phi) is 12.0. The average Bonchev–Trinajstić information content (AvgIpc) is 2.87. The second-order valence-corrected chi connectivity index (χ2v) is 8.07. The summed E-state index contributed by atoms with van der Waals surface area (Å²) in [7, 11) is 4.42. The third-order valence-corrected chi connectivity index (χ3v) is 6.05. The van der Waals surface area contributed by atoms with Crippen molar-refractivity contribution < 1.29 is 46.9 Å². The summed E-state index contributed by atoms with van der Waals surface area (Å²) in [5, 5.41) is 27.8. The molecule has 1 aliphatic rings. The van der Waals surface area contributed by atoms with E-state index in [-0.39, 0.29) is 24.0 Å². The molecule has 2 aromatic carbocycles. The van der Waals surface area contributed by atoms with E-state index < -0.39 is 24.5 Å². The number of hydrogen-bond acceptors (Lipinski definition) is 9. The zero-order chi connectivity index (χ0) is 26.0. The van der Waals surface area contributed by atoms with Crippen molar-refractivity contribution in [2.45, 2.75) is 44.6 Å². The number of rotatable bonds is 9. The summed E-state index contributed by atoms with van der Waals surface area (Å²) < 4.78 is 31.5. The van der Waals surface area contributed by atoms with Crippen molar-refractivity contribution in [3.63, 3.8) is 0 Å². The Hall–Kier alpha value is -2.16. The molecule has 0 aromatic heterocycles. The van der Waals surface area contributed by atoms with Crippen LogP contribution in [0.25, 0.3) is 0 Å². The van der Waals surface area contributed by atoms with E-state index in [0.29, 0.717) is 30.1 Å². The first-order chi connectivity index (χ1) is 16.8. The van der Waals surface area contributed by atoms with Crippen LogP contribution < -0.4 is 14.2 Å². The summed E-state index contributed by atoms with van der Waals surface area (Å²) >= 11 is 1.72. The average molecular weight is 606 g/mol. The Balaban J connectivity index is 0.000000283. The molecule has 1 aliphatic heterocycles. The lowest BCUT2D eigenvalue weighted by molar-refractivity contribution is -0.241. The molecule has 35 heavy (non-hydrogen) atoms. The third-order valence-electron chi connectivity index (χ3n) is 5.39. The van der Waals surface area contributed by atoms with Crippen LogP contribution >= 0.6 is 23.0 Å². The van der Waals surface area contributed by atoms with Gasteiger partial charge in [0.25, 0.3) is 0 Å². The van der Waals surface area contributed by atoms with Crippen LogP contribution in [-0.4, -0.2) is 73.8 Å². The highest BCUT2D eigenvalue weighted by molar-refractivity contribution is 14.1. The van der Waals surface area contributed by atoms with Gasteiger partial charge in [-0.15, -0.1) is 0 Å². The van der Waals surface area contributed by atoms with E-state index in [1.54, 1.807) is 29.9 Å². The number of benzene rings is 2. The lowest BCUT2D eigenvalue weighted by Crippen LogP contribution is -2.50. The minimum atomic E-state index is -1.07. The van der Waals surface area contributed by atoms with E-state index in [0.717, 1.165) is 5.56 Å². The van der Waals surface area contributed by atoms with E-state index in [2.05, 4.69) is 0 Å². The monoisotopic (exact) mass is 606 g/mol. The van der Waals surface area contributed by atoms with Crippen LogP contribution in [-0.2, 0) is 19.1 Å². The second kappa shape index (κ2) is 14.4. The normalized spacial score (nSPS) is 21.5. The molecule has 10 nitrogen and oxygen atoms in total. The van der Waals surface area contributed by atoms with Crippen LogP contribution in [0, 0.1) is 6.92 Å². The molecule has 1 fully saturated rings. The SMILES string of the molecule is CO[C@@H]1CC(OI)[C@H](O)C(CO)O1.COc1cc(OCc2ccccc2)c(OC)c(C)c1C(=O)O. The molecule has 194 valence electrons. The van der Waals surface area contributed by atoms with Crippen molar-refractivity contribution in [3.8, 4) is 17.2 Å².